The van der Waals surface area contributed by atoms with Crippen LogP contribution in [0.2, 0.25) is 0 Å². The first-order valence-electron chi connectivity index (χ1n) is 12.0. The molecule has 0 saturated carbocycles. The number of rotatable bonds is 7. The van der Waals surface area contributed by atoms with Crippen molar-refractivity contribution in [3.05, 3.63) is 140 Å². The minimum absolute atomic E-state index is 0.182. The van der Waals surface area contributed by atoms with E-state index in [1.165, 1.54) is 13.1 Å². The van der Waals surface area contributed by atoms with E-state index in [4.69, 9.17) is 9.47 Å². The van der Waals surface area contributed by atoms with E-state index in [9.17, 15) is 9.59 Å². The van der Waals surface area contributed by atoms with Crippen molar-refractivity contribution in [1.29, 1.82) is 0 Å². The zero-order valence-electron chi connectivity index (χ0n) is 20.1. The average molecular weight is 505 g/mol. The maximum Gasteiger partial charge on any atom is 0.330 e. The number of alkyl halides is 2. The van der Waals surface area contributed by atoms with Crippen LogP contribution in [0.15, 0.2) is 107 Å². The topological polar surface area (TPSA) is 73.3 Å². The van der Waals surface area contributed by atoms with E-state index in [1.807, 2.05) is 91.0 Å². The Hall–Kier alpha value is -3.88. The molecule has 4 aromatic rings. The number of ether oxygens (including phenoxy) is 2. The van der Waals surface area contributed by atoms with Crippen LogP contribution in [0.4, 0.5) is 8.78 Å². The van der Waals surface area contributed by atoms with Crippen molar-refractivity contribution in [2.45, 2.75) is 37.2 Å². The molecule has 6 nitrogen and oxygen atoms in total. The molecule has 190 valence electrons. The number of nitrogens with one attached hydrogen (secondary N) is 1. The van der Waals surface area contributed by atoms with Crippen molar-refractivity contribution in [3.63, 3.8) is 0 Å². The van der Waals surface area contributed by atoms with Crippen molar-refractivity contribution in [3.8, 4) is 0 Å². The van der Waals surface area contributed by atoms with Gasteiger partial charge in [0.2, 0.25) is 0 Å². The Labute approximate surface area is 212 Å². The highest BCUT2D eigenvalue weighted by Crippen LogP contribution is 2.42. The second-order valence-electron chi connectivity index (χ2n) is 9.02. The van der Waals surface area contributed by atoms with E-state index in [1.54, 1.807) is 0 Å². The molecule has 0 aliphatic carbocycles. The Morgan fingerprint density at radius 1 is 0.838 bits per heavy atom. The minimum atomic E-state index is -2.13. The smallest absolute Gasteiger partial charge is 0.330 e. The van der Waals surface area contributed by atoms with Gasteiger partial charge < -0.3 is 9.47 Å². The fourth-order valence-electron chi connectivity index (χ4n) is 4.79. The van der Waals surface area contributed by atoms with Crippen LogP contribution in [0, 0.1) is 6.92 Å². The van der Waals surface area contributed by atoms with Gasteiger partial charge in [0, 0.05) is 11.8 Å². The summed E-state index contributed by atoms with van der Waals surface area (Å²) in [4.78, 5) is 26.2. The zero-order valence-corrected chi connectivity index (χ0v) is 20.1. The number of aromatic nitrogens is 2. The molecule has 1 aromatic heterocycles. The molecule has 1 aliphatic heterocycles. The Balaban J connectivity index is 1.53. The molecule has 0 unspecified atom stereocenters. The molecule has 5 rings (SSSR count). The van der Waals surface area contributed by atoms with Gasteiger partial charge in [-0.05, 0) is 23.6 Å². The number of hydrogen-bond acceptors (Lipinski definition) is 4. The molecule has 4 atom stereocenters. The van der Waals surface area contributed by atoms with Crippen molar-refractivity contribution >= 4 is 0 Å². The average Bonchev–Trinajstić information content (AvgIpc) is 3.21. The SMILES string of the molecule is Cc1cn([C@@H]2O[C@H](COC(c3ccccc3)(c3ccccc3)c3ccccc3)[C@@H](F)[C@H]2F)c(=O)[nH]c1=O. The van der Waals surface area contributed by atoms with Crippen molar-refractivity contribution in [2.75, 3.05) is 6.61 Å². The first-order chi connectivity index (χ1) is 17.9. The molecule has 1 N–H and O–H groups in total. The third-order valence-electron chi connectivity index (χ3n) is 6.67. The molecule has 1 fully saturated rings. The molecule has 1 aliphatic rings. The van der Waals surface area contributed by atoms with Gasteiger partial charge in [-0.1, -0.05) is 91.0 Å². The summed E-state index contributed by atoms with van der Waals surface area (Å²) >= 11 is 0. The predicted octanol–water partition coefficient (Wildman–Crippen LogP) is 4.43. The summed E-state index contributed by atoms with van der Waals surface area (Å²) in [5, 5.41) is 0. The van der Waals surface area contributed by atoms with Gasteiger partial charge >= 0.3 is 5.69 Å². The van der Waals surface area contributed by atoms with E-state index in [0.717, 1.165) is 21.3 Å². The van der Waals surface area contributed by atoms with Crippen molar-refractivity contribution < 1.29 is 18.3 Å². The summed E-state index contributed by atoms with van der Waals surface area (Å²) in [7, 11) is 0. The van der Waals surface area contributed by atoms with Crippen LogP contribution in [-0.4, -0.2) is 34.6 Å². The van der Waals surface area contributed by atoms with Crippen LogP contribution in [-0.2, 0) is 15.1 Å². The highest BCUT2D eigenvalue weighted by Gasteiger charge is 2.49. The molecular formula is C29H26F2N2O4. The van der Waals surface area contributed by atoms with Gasteiger partial charge in [-0.3, -0.25) is 14.3 Å². The fraction of sp³-hybridized carbons (Fsp3) is 0.241. The summed E-state index contributed by atoms with van der Waals surface area (Å²) < 4.78 is 43.5. The maximum atomic E-state index is 15.2. The standard InChI is InChI=1S/C29H26F2N2O4/c1-19-17-33(28(35)32-26(19)34)27-25(31)24(30)23(37-27)18-36-29(20-11-5-2-6-12-20,21-13-7-3-8-14-21)22-15-9-4-10-16-22/h2-17,23-25,27H,18H2,1H3,(H,32,34,35)/t23-,24-,25-,27-/m1/s1. The Bertz CT molecular complexity index is 1360. The lowest BCUT2D eigenvalue weighted by molar-refractivity contribution is -0.0890. The number of nitrogens with zero attached hydrogens (tertiary/aromatic N) is 1. The summed E-state index contributed by atoms with van der Waals surface area (Å²) in [6.45, 7) is 1.17. The monoisotopic (exact) mass is 504 g/mol. The molecule has 8 heteroatoms. The molecule has 0 amide bonds. The number of hydrogen-bond donors (Lipinski definition) is 1. The number of aryl methyl sites for hydroxylation is 1. The number of aromatic amines is 1. The molecule has 1 saturated heterocycles. The van der Waals surface area contributed by atoms with E-state index in [-0.39, 0.29) is 12.2 Å². The third kappa shape index (κ3) is 4.54. The summed E-state index contributed by atoms with van der Waals surface area (Å²) in [5.41, 5.74) is 0.00269. The van der Waals surface area contributed by atoms with Crippen LogP contribution < -0.4 is 11.2 Å². The summed E-state index contributed by atoms with van der Waals surface area (Å²) in [6, 6.07) is 28.6. The van der Waals surface area contributed by atoms with E-state index in [2.05, 4.69) is 4.98 Å². The Kier molecular flexibility index (Phi) is 6.86. The number of benzene rings is 3. The lowest BCUT2D eigenvalue weighted by atomic mass is 9.80. The van der Waals surface area contributed by atoms with Gasteiger partial charge in [-0.25, -0.2) is 13.6 Å². The molecule has 0 spiro atoms. The van der Waals surface area contributed by atoms with Crippen LogP contribution in [0.3, 0.4) is 0 Å². The van der Waals surface area contributed by atoms with E-state index in [0.29, 0.717) is 0 Å². The molecule has 0 bridgehead atoms. The zero-order chi connectivity index (χ0) is 26.0. The van der Waals surface area contributed by atoms with Gasteiger partial charge in [-0.2, -0.15) is 0 Å². The fourth-order valence-corrected chi connectivity index (χ4v) is 4.79. The van der Waals surface area contributed by atoms with Crippen LogP contribution >= 0.6 is 0 Å². The van der Waals surface area contributed by atoms with Gasteiger partial charge in [-0.15, -0.1) is 0 Å². The minimum Gasteiger partial charge on any atom is -0.358 e. The third-order valence-corrected chi connectivity index (χ3v) is 6.67. The van der Waals surface area contributed by atoms with Crippen LogP contribution in [0.25, 0.3) is 0 Å². The first kappa shape index (κ1) is 24.8. The van der Waals surface area contributed by atoms with Gasteiger partial charge in [0.05, 0.1) is 6.61 Å². The van der Waals surface area contributed by atoms with E-state index < -0.39 is 41.5 Å². The van der Waals surface area contributed by atoms with E-state index >= 15 is 8.78 Å². The summed E-state index contributed by atoms with van der Waals surface area (Å²) in [5.74, 6) is 0. The van der Waals surface area contributed by atoms with Crippen molar-refractivity contribution in [2.24, 2.45) is 0 Å². The number of halogens is 2. The summed E-state index contributed by atoms with van der Waals surface area (Å²) in [6.07, 6.45) is -5.84. The van der Waals surface area contributed by atoms with Crippen LogP contribution in [0.5, 0.6) is 0 Å². The normalized spacial score (nSPS) is 21.7. The quantitative estimate of drug-likeness (QED) is 0.378. The molecule has 0 radical (unpaired) electrons. The second-order valence-corrected chi connectivity index (χ2v) is 9.02. The van der Waals surface area contributed by atoms with Gasteiger partial charge in [0.1, 0.15) is 11.7 Å². The first-order valence-corrected chi connectivity index (χ1v) is 12.0. The molecule has 2 heterocycles. The molecule has 37 heavy (non-hydrogen) atoms. The predicted molar refractivity (Wildman–Crippen MR) is 135 cm³/mol. The van der Waals surface area contributed by atoms with Gasteiger partial charge in [0.25, 0.3) is 5.56 Å². The lowest BCUT2D eigenvalue weighted by Crippen LogP contribution is -2.38. The Morgan fingerprint density at radius 3 is 1.81 bits per heavy atom. The molecular weight excluding hydrogens is 478 g/mol. The van der Waals surface area contributed by atoms with Gasteiger partial charge in [0.15, 0.2) is 18.6 Å². The van der Waals surface area contributed by atoms with Crippen LogP contribution in [0.1, 0.15) is 28.5 Å². The maximum absolute atomic E-state index is 15.2. The number of H-pyrrole nitrogens is 1. The highest BCUT2D eigenvalue weighted by atomic mass is 19.2. The second kappa shape index (κ2) is 10.2. The van der Waals surface area contributed by atoms with Crippen molar-refractivity contribution in [1.82, 2.24) is 9.55 Å². The Morgan fingerprint density at radius 2 is 1.32 bits per heavy atom. The highest BCUT2D eigenvalue weighted by molar-refractivity contribution is 5.47. The molecule has 3 aromatic carbocycles. The largest absolute Gasteiger partial charge is 0.358 e. The lowest BCUT2D eigenvalue weighted by Gasteiger charge is -2.36.